The van der Waals surface area contributed by atoms with Gasteiger partial charge in [-0.05, 0) is 24.1 Å². The summed E-state index contributed by atoms with van der Waals surface area (Å²) in [4.78, 5) is 11.0. The van der Waals surface area contributed by atoms with E-state index >= 15 is 0 Å². The lowest BCUT2D eigenvalue weighted by atomic mass is 10.1. The van der Waals surface area contributed by atoms with Crippen LogP contribution in [-0.2, 0) is 15.6 Å². The molecule has 0 saturated carbocycles. The van der Waals surface area contributed by atoms with E-state index in [1.165, 1.54) is 18.2 Å². The van der Waals surface area contributed by atoms with Gasteiger partial charge in [-0.1, -0.05) is 24.6 Å². The van der Waals surface area contributed by atoms with Crippen LogP contribution in [0.3, 0.4) is 0 Å². The molecule has 1 aromatic rings. The number of sulfone groups is 1. The third-order valence-electron chi connectivity index (χ3n) is 2.71. The summed E-state index contributed by atoms with van der Waals surface area (Å²) in [5.41, 5.74) is 11.4. The largest absolute Gasteiger partial charge is 0.366 e. The molecular weight excluding hydrogens is 288 g/mol. The van der Waals surface area contributed by atoms with E-state index in [0.717, 1.165) is 0 Å². The number of nitrogens with two attached hydrogens (primary N) is 2. The number of hydrogen-bond donors (Lipinski definition) is 2. The van der Waals surface area contributed by atoms with Gasteiger partial charge in [0, 0.05) is 16.6 Å². The maximum absolute atomic E-state index is 11.9. The van der Waals surface area contributed by atoms with Crippen LogP contribution < -0.4 is 11.5 Å². The number of benzene rings is 1. The van der Waals surface area contributed by atoms with Gasteiger partial charge in [0.25, 0.3) is 0 Å². The second kappa shape index (κ2) is 6.36. The Bertz CT molecular complexity index is 572. The molecule has 4 N–H and O–H groups in total. The predicted molar refractivity (Wildman–Crippen MR) is 75.7 cm³/mol. The van der Waals surface area contributed by atoms with Crippen LogP contribution in [0.15, 0.2) is 18.2 Å². The van der Waals surface area contributed by atoms with Crippen LogP contribution in [0.25, 0.3) is 0 Å². The standard InChI is InChI=1S/C12H17ClN2O3S/c1-2-10(14)7-19(17,18)6-9-4-3-8(12(15)16)5-11(9)13/h3-5,10H,2,6-7,14H2,1H3,(H2,15,16). The van der Waals surface area contributed by atoms with Gasteiger partial charge in [-0.3, -0.25) is 4.79 Å². The fourth-order valence-corrected chi connectivity index (χ4v) is 3.62. The zero-order valence-corrected chi connectivity index (χ0v) is 12.2. The van der Waals surface area contributed by atoms with Crippen LogP contribution in [-0.4, -0.2) is 26.1 Å². The first kappa shape index (κ1) is 15.9. The van der Waals surface area contributed by atoms with Gasteiger partial charge in [0.2, 0.25) is 5.91 Å². The first-order chi connectivity index (χ1) is 8.75. The number of hydrogen-bond acceptors (Lipinski definition) is 4. The minimum atomic E-state index is -3.33. The average Bonchev–Trinajstić information content (AvgIpc) is 2.30. The topological polar surface area (TPSA) is 103 Å². The maximum atomic E-state index is 11.9. The van der Waals surface area contributed by atoms with E-state index in [-0.39, 0.29) is 28.1 Å². The fourth-order valence-electron chi connectivity index (χ4n) is 1.56. The van der Waals surface area contributed by atoms with Crippen molar-refractivity contribution >= 4 is 27.3 Å². The fraction of sp³-hybridized carbons (Fsp3) is 0.417. The zero-order valence-electron chi connectivity index (χ0n) is 10.6. The van der Waals surface area contributed by atoms with Crippen molar-refractivity contribution in [2.75, 3.05) is 5.75 Å². The van der Waals surface area contributed by atoms with Crippen molar-refractivity contribution in [1.29, 1.82) is 0 Å². The maximum Gasteiger partial charge on any atom is 0.248 e. The summed E-state index contributed by atoms with van der Waals surface area (Å²) in [5, 5.41) is 0.213. The van der Waals surface area contributed by atoms with Crippen molar-refractivity contribution in [3.05, 3.63) is 34.3 Å². The molecular formula is C12H17ClN2O3S. The summed E-state index contributed by atoms with van der Waals surface area (Å²) in [5.74, 6) is -0.889. The van der Waals surface area contributed by atoms with E-state index in [2.05, 4.69) is 0 Å². The van der Waals surface area contributed by atoms with Crippen LogP contribution in [0.1, 0.15) is 29.3 Å². The predicted octanol–water partition coefficient (Wildman–Crippen LogP) is 1.09. The number of primary amides is 1. The monoisotopic (exact) mass is 304 g/mol. The summed E-state index contributed by atoms with van der Waals surface area (Å²) < 4.78 is 23.8. The molecule has 0 bridgehead atoms. The van der Waals surface area contributed by atoms with Crippen molar-refractivity contribution in [3.8, 4) is 0 Å². The molecule has 7 heteroatoms. The lowest BCUT2D eigenvalue weighted by Gasteiger charge is -2.11. The molecule has 1 amide bonds. The highest BCUT2D eigenvalue weighted by Gasteiger charge is 2.18. The van der Waals surface area contributed by atoms with Crippen molar-refractivity contribution < 1.29 is 13.2 Å². The number of carbonyl (C=O) groups excluding carboxylic acids is 1. The molecule has 0 saturated heterocycles. The smallest absolute Gasteiger partial charge is 0.248 e. The normalized spacial score (nSPS) is 13.2. The molecule has 106 valence electrons. The van der Waals surface area contributed by atoms with Gasteiger partial charge >= 0.3 is 0 Å². The molecule has 0 heterocycles. The summed E-state index contributed by atoms with van der Waals surface area (Å²) in [6.07, 6.45) is 0.591. The molecule has 5 nitrogen and oxygen atoms in total. The minimum absolute atomic E-state index is 0.0859. The first-order valence-corrected chi connectivity index (χ1v) is 7.99. The highest BCUT2D eigenvalue weighted by molar-refractivity contribution is 7.90. The van der Waals surface area contributed by atoms with Crippen LogP contribution >= 0.6 is 11.6 Å². The third kappa shape index (κ3) is 4.81. The van der Waals surface area contributed by atoms with Gasteiger partial charge in [0.05, 0.1) is 11.5 Å². The molecule has 0 fully saturated rings. The molecule has 1 aromatic carbocycles. The Balaban J connectivity index is 2.91. The zero-order chi connectivity index (χ0) is 14.6. The molecule has 1 rings (SSSR count). The van der Waals surface area contributed by atoms with Gasteiger partial charge in [0.15, 0.2) is 9.84 Å². The minimum Gasteiger partial charge on any atom is -0.366 e. The molecule has 0 aliphatic rings. The van der Waals surface area contributed by atoms with E-state index in [9.17, 15) is 13.2 Å². The van der Waals surface area contributed by atoms with Gasteiger partial charge in [0.1, 0.15) is 0 Å². The lowest BCUT2D eigenvalue weighted by molar-refractivity contribution is 0.100. The van der Waals surface area contributed by atoms with Gasteiger partial charge in [-0.2, -0.15) is 0 Å². The van der Waals surface area contributed by atoms with E-state index in [4.69, 9.17) is 23.1 Å². The van der Waals surface area contributed by atoms with Gasteiger partial charge in [-0.15, -0.1) is 0 Å². The Morgan fingerprint density at radius 3 is 2.53 bits per heavy atom. The highest BCUT2D eigenvalue weighted by atomic mass is 35.5. The molecule has 0 radical (unpaired) electrons. The lowest BCUT2D eigenvalue weighted by Crippen LogP contribution is -2.29. The Morgan fingerprint density at radius 2 is 2.05 bits per heavy atom. The van der Waals surface area contributed by atoms with Crippen LogP contribution in [0, 0.1) is 0 Å². The van der Waals surface area contributed by atoms with E-state index in [1.807, 2.05) is 6.92 Å². The van der Waals surface area contributed by atoms with Gasteiger partial charge in [-0.25, -0.2) is 8.42 Å². The second-order valence-electron chi connectivity index (χ2n) is 4.39. The summed E-state index contributed by atoms with van der Waals surface area (Å²) in [7, 11) is -3.33. The average molecular weight is 305 g/mol. The van der Waals surface area contributed by atoms with E-state index in [1.54, 1.807) is 0 Å². The van der Waals surface area contributed by atoms with Crippen molar-refractivity contribution in [3.63, 3.8) is 0 Å². The summed E-state index contributed by atoms with van der Waals surface area (Å²) in [6, 6.07) is 3.94. The molecule has 0 spiro atoms. The molecule has 0 aliphatic heterocycles. The number of halogens is 1. The number of carbonyl (C=O) groups is 1. The van der Waals surface area contributed by atoms with Gasteiger partial charge < -0.3 is 11.5 Å². The van der Waals surface area contributed by atoms with Crippen molar-refractivity contribution in [2.24, 2.45) is 11.5 Å². The molecule has 0 aromatic heterocycles. The Kier molecular flexibility index (Phi) is 5.34. The second-order valence-corrected chi connectivity index (χ2v) is 6.91. The molecule has 1 atom stereocenters. The molecule has 19 heavy (non-hydrogen) atoms. The third-order valence-corrected chi connectivity index (χ3v) is 4.74. The number of rotatable bonds is 6. The van der Waals surface area contributed by atoms with Crippen LogP contribution in [0.4, 0.5) is 0 Å². The highest BCUT2D eigenvalue weighted by Crippen LogP contribution is 2.20. The Hall–Kier alpha value is -1.11. The summed E-state index contributed by atoms with van der Waals surface area (Å²) >= 11 is 5.95. The first-order valence-electron chi connectivity index (χ1n) is 5.79. The number of amides is 1. The van der Waals surface area contributed by atoms with Crippen LogP contribution in [0.2, 0.25) is 5.02 Å². The molecule has 0 aliphatic carbocycles. The van der Waals surface area contributed by atoms with E-state index in [0.29, 0.717) is 12.0 Å². The Morgan fingerprint density at radius 1 is 1.42 bits per heavy atom. The summed E-state index contributed by atoms with van der Waals surface area (Å²) in [6.45, 7) is 1.83. The SMILES string of the molecule is CCC(N)CS(=O)(=O)Cc1ccc(C(N)=O)cc1Cl. The molecule has 1 unspecified atom stereocenters. The van der Waals surface area contributed by atoms with Crippen molar-refractivity contribution in [1.82, 2.24) is 0 Å². The van der Waals surface area contributed by atoms with E-state index < -0.39 is 15.7 Å². The van der Waals surface area contributed by atoms with Crippen LogP contribution in [0.5, 0.6) is 0 Å². The Labute approximate surface area is 117 Å². The quantitative estimate of drug-likeness (QED) is 0.821. The van der Waals surface area contributed by atoms with Crippen molar-refractivity contribution in [2.45, 2.75) is 25.1 Å².